The molecule has 5 aromatic carbocycles. The summed E-state index contributed by atoms with van der Waals surface area (Å²) < 4.78 is 0. The summed E-state index contributed by atoms with van der Waals surface area (Å²) in [6, 6.07) is 44.3. The van der Waals surface area contributed by atoms with Gasteiger partial charge in [0.05, 0.1) is 11.4 Å². The minimum Gasteiger partial charge on any atom is -0.354 e. The molecule has 2 heteroatoms. The molecule has 0 aliphatic rings. The normalized spacial score (nSPS) is 10.7. The van der Waals surface area contributed by atoms with Gasteiger partial charge in [-0.25, -0.2) is 0 Å². The van der Waals surface area contributed by atoms with Crippen molar-refractivity contribution in [3.05, 3.63) is 127 Å². The summed E-state index contributed by atoms with van der Waals surface area (Å²) in [5.41, 5.74) is 5.50. The first-order valence-electron chi connectivity index (χ1n) is 10.1. The van der Waals surface area contributed by atoms with E-state index in [0.29, 0.717) is 0 Å². The first-order valence-corrected chi connectivity index (χ1v) is 10.1. The van der Waals surface area contributed by atoms with Crippen molar-refractivity contribution < 1.29 is 0 Å². The molecule has 0 unspecified atom stereocenters. The van der Waals surface area contributed by atoms with E-state index in [9.17, 15) is 0 Å². The van der Waals surface area contributed by atoms with Gasteiger partial charge in [0.25, 0.3) is 0 Å². The van der Waals surface area contributed by atoms with Gasteiger partial charge in [0.2, 0.25) is 0 Å². The molecule has 0 bridgehead atoms. The SMILES string of the molecule is c1ccc(Nc2ccc3ccccc3c2N(c2ccccc2)c2ccccc2)cc1. The fourth-order valence-electron chi connectivity index (χ4n) is 3.84. The molecule has 0 spiro atoms. The van der Waals surface area contributed by atoms with Crippen LogP contribution >= 0.6 is 0 Å². The average Bonchev–Trinajstić information content (AvgIpc) is 2.82. The lowest BCUT2D eigenvalue weighted by Crippen LogP contribution is -2.12. The molecule has 5 rings (SSSR count). The minimum absolute atomic E-state index is 1.06. The number of fused-ring (bicyclic) bond motifs is 1. The largest absolute Gasteiger partial charge is 0.354 e. The number of nitrogens with one attached hydrogen (secondary N) is 1. The summed E-state index contributed by atoms with van der Waals surface area (Å²) in [6.45, 7) is 0. The highest BCUT2D eigenvalue weighted by molar-refractivity contribution is 6.05. The molecule has 0 saturated carbocycles. The van der Waals surface area contributed by atoms with Gasteiger partial charge in [-0.3, -0.25) is 0 Å². The van der Waals surface area contributed by atoms with E-state index in [0.717, 1.165) is 28.4 Å². The Kier molecular flexibility index (Phi) is 4.89. The molecule has 5 aromatic rings. The van der Waals surface area contributed by atoms with Gasteiger partial charge >= 0.3 is 0 Å². The number of hydrogen-bond donors (Lipinski definition) is 1. The van der Waals surface area contributed by atoms with E-state index < -0.39 is 0 Å². The third-order valence-corrected chi connectivity index (χ3v) is 5.21. The lowest BCUT2D eigenvalue weighted by molar-refractivity contribution is 1.29. The van der Waals surface area contributed by atoms with Gasteiger partial charge in [-0.05, 0) is 47.9 Å². The molecule has 30 heavy (non-hydrogen) atoms. The molecular weight excluding hydrogens is 364 g/mol. The van der Waals surface area contributed by atoms with E-state index in [1.54, 1.807) is 0 Å². The van der Waals surface area contributed by atoms with Crippen molar-refractivity contribution in [1.82, 2.24) is 0 Å². The Morgan fingerprint density at radius 3 is 1.63 bits per heavy atom. The zero-order valence-electron chi connectivity index (χ0n) is 16.6. The van der Waals surface area contributed by atoms with Crippen molar-refractivity contribution in [2.75, 3.05) is 10.2 Å². The Morgan fingerprint density at radius 1 is 0.467 bits per heavy atom. The van der Waals surface area contributed by atoms with Gasteiger partial charge in [-0.1, -0.05) is 84.9 Å². The standard InChI is InChI=1S/C28H22N2/c1-4-13-23(14-5-1)29-27-21-20-22-12-10-11-19-26(22)28(27)30(24-15-6-2-7-16-24)25-17-8-3-9-18-25/h1-21,29H. The Bertz CT molecular complexity index is 1210. The van der Waals surface area contributed by atoms with Crippen LogP contribution in [-0.4, -0.2) is 0 Å². The van der Waals surface area contributed by atoms with Crippen LogP contribution in [0.3, 0.4) is 0 Å². The predicted molar refractivity (Wildman–Crippen MR) is 128 cm³/mol. The van der Waals surface area contributed by atoms with Crippen LogP contribution in [0.2, 0.25) is 0 Å². The Hall–Kier alpha value is -4.04. The summed E-state index contributed by atoms with van der Waals surface area (Å²) in [6.07, 6.45) is 0. The number of rotatable bonds is 5. The number of anilines is 5. The first kappa shape index (κ1) is 18.0. The van der Waals surface area contributed by atoms with Gasteiger partial charge in [-0.15, -0.1) is 0 Å². The van der Waals surface area contributed by atoms with Crippen LogP contribution in [0.1, 0.15) is 0 Å². The minimum atomic E-state index is 1.06. The van der Waals surface area contributed by atoms with Gasteiger partial charge in [-0.2, -0.15) is 0 Å². The van der Waals surface area contributed by atoms with Crippen LogP contribution < -0.4 is 10.2 Å². The zero-order chi connectivity index (χ0) is 20.2. The monoisotopic (exact) mass is 386 g/mol. The molecule has 0 amide bonds. The van der Waals surface area contributed by atoms with E-state index >= 15 is 0 Å². The lowest BCUT2D eigenvalue weighted by atomic mass is 10.0. The number of hydrogen-bond acceptors (Lipinski definition) is 2. The number of nitrogens with zero attached hydrogens (tertiary/aromatic N) is 1. The van der Waals surface area contributed by atoms with Crippen molar-refractivity contribution in [2.45, 2.75) is 0 Å². The third kappa shape index (κ3) is 3.51. The van der Waals surface area contributed by atoms with Crippen molar-refractivity contribution in [3.8, 4) is 0 Å². The summed E-state index contributed by atoms with van der Waals surface area (Å²) in [4.78, 5) is 2.33. The average molecular weight is 386 g/mol. The quantitative estimate of drug-likeness (QED) is 0.329. The molecule has 0 aliphatic carbocycles. The molecule has 2 nitrogen and oxygen atoms in total. The van der Waals surface area contributed by atoms with Crippen LogP contribution in [0.5, 0.6) is 0 Å². The highest BCUT2D eigenvalue weighted by Gasteiger charge is 2.19. The molecule has 1 N–H and O–H groups in total. The van der Waals surface area contributed by atoms with Crippen LogP contribution in [0.4, 0.5) is 28.4 Å². The number of para-hydroxylation sites is 3. The summed E-state index contributed by atoms with van der Waals surface area (Å²) in [7, 11) is 0. The maximum absolute atomic E-state index is 3.64. The zero-order valence-corrected chi connectivity index (χ0v) is 16.6. The summed E-state index contributed by atoms with van der Waals surface area (Å²) in [5, 5.41) is 6.05. The molecular formula is C28H22N2. The first-order chi connectivity index (χ1) is 14.9. The van der Waals surface area contributed by atoms with Gasteiger partial charge in [0.15, 0.2) is 0 Å². The predicted octanol–water partition coefficient (Wildman–Crippen LogP) is 8.05. The van der Waals surface area contributed by atoms with E-state index in [-0.39, 0.29) is 0 Å². The van der Waals surface area contributed by atoms with Gasteiger partial charge < -0.3 is 10.2 Å². The summed E-state index contributed by atoms with van der Waals surface area (Å²) >= 11 is 0. The van der Waals surface area contributed by atoms with Crippen LogP contribution in [0.15, 0.2) is 127 Å². The summed E-state index contributed by atoms with van der Waals surface area (Å²) in [5.74, 6) is 0. The maximum atomic E-state index is 3.64. The topological polar surface area (TPSA) is 15.3 Å². The number of benzene rings is 5. The van der Waals surface area contributed by atoms with Gasteiger partial charge in [0, 0.05) is 22.4 Å². The molecule has 0 aromatic heterocycles. The fraction of sp³-hybridized carbons (Fsp3) is 0. The molecule has 144 valence electrons. The highest BCUT2D eigenvalue weighted by atomic mass is 15.2. The van der Waals surface area contributed by atoms with E-state index in [4.69, 9.17) is 0 Å². The second-order valence-electron chi connectivity index (χ2n) is 7.18. The lowest BCUT2D eigenvalue weighted by Gasteiger charge is -2.29. The molecule has 0 saturated heterocycles. The van der Waals surface area contributed by atoms with Gasteiger partial charge in [0.1, 0.15) is 0 Å². The molecule has 0 heterocycles. The van der Waals surface area contributed by atoms with E-state index in [1.165, 1.54) is 10.8 Å². The maximum Gasteiger partial charge on any atom is 0.0775 e. The molecule has 0 fully saturated rings. The molecule has 0 aliphatic heterocycles. The third-order valence-electron chi connectivity index (χ3n) is 5.21. The smallest absolute Gasteiger partial charge is 0.0775 e. The fourth-order valence-corrected chi connectivity index (χ4v) is 3.84. The second-order valence-corrected chi connectivity index (χ2v) is 7.18. The van der Waals surface area contributed by atoms with Crippen LogP contribution in [0.25, 0.3) is 10.8 Å². The van der Waals surface area contributed by atoms with Crippen molar-refractivity contribution >= 4 is 39.2 Å². The van der Waals surface area contributed by atoms with Crippen LogP contribution in [0, 0.1) is 0 Å². The molecule has 0 atom stereocenters. The van der Waals surface area contributed by atoms with E-state index in [1.807, 2.05) is 6.07 Å². The van der Waals surface area contributed by atoms with Crippen molar-refractivity contribution in [3.63, 3.8) is 0 Å². The highest BCUT2D eigenvalue weighted by Crippen LogP contribution is 2.44. The second kappa shape index (κ2) is 8.14. The van der Waals surface area contributed by atoms with Crippen molar-refractivity contribution in [1.29, 1.82) is 0 Å². The Labute approximate surface area is 177 Å². The molecule has 0 radical (unpaired) electrons. The van der Waals surface area contributed by atoms with E-state index in [2.05, 4.69) is 132 Å². The Balaban J connectivity index is 1.78. The van der Waals surface area contributed by atoms with Crippen LogP contribution in [-0.2, 0) is 0 Å². The Morgan fingerprint density at radius 2 is 1.00 bits per heavy atom. The van der Waals surface area contributed by atoms with Crippen molar-refractivity contribution in [2.24, 2.45) is 0 Å².